The van der Waals surface area contributed by atoms with Gasteiger partial charge in [-0.05, 0) is 31.2 Å². The van der Waals surface area contributed by atoms with Gasteiger partial charge in [0.25, 0.3) is 5.89 Å². The number of rotatable bonds is 4. The van der Waals surface area contributed by atoms with Crippen molar-refractivity contribution in [3.05, 3.63) is 34.7 Å². The van der Waals surface area contributed by atoms with Crippen LogP contribution in [0.1, 0.15) is 18.0 Å². The van der Waals surface area contributed by atoms with Crippen molar-refractivity contribution in [2.24, 2.45) is 5.73 Å². The molecule has 108 valence electrons. The number of aromatic nitrogens is 3. The summed E-state index contributed by atoms with van der Waals surface area (Å²) in [5.41, 5.74) is 7.31. The van der Waals surface area contributed by atoms with Crippen LogP contribution in [0.5, 0.6) is 5.75 Å². The van der Waals surface area contributed by atoms with Gasteiger partial charge in [-0.25, -0.2) is 4.98 Å². The monoisotopic (exact) mass is 302 g/mol. The van der Waals surface area contributed by atoms with Crippen LogP contribution < -0.4 is 10.5 Å². The van der Waals surface area contributed by atoms with E-state index in [1.807, 2.05) is 36.6 Å². The third kappa shape index (κ3) is 2.79. The fraction of sp³-hybridized carbons (Fsp3) is 0.214. The summed E-state index contributed by atoms with van der Waals surface area (Å²) < 4.78 is 10.4. The first-order valence-corrected chi connectivity index (χ1v) is 7.25. The molecule has 0 bridgehead atoms. The molecule has 21 heavy (non-hydrogen) atoms. The normalized spacial score (nSPS) is 12.3. The van der Waals surface area contributed by atoms with Gasteiger partial charge in [0, 0.05) is 10.9 Å². The van der Waals surface area contributed by atoms with Gasteiger partial charge in [-0.1, -0.05) is 5.16 Å². The van der Waals surface area contributed by atoms with Crippen molar-refractivity contribution >= 4 is 11.3 Å². The van der Waals surface area contributed by atoms with E-state index in [4.69, 9.17) is 15.0 Å². The van der Waals surface area contributed by atoms with Gasteiger partial charge >= 0.3 is 0 Å². The standard InChI is InChI=1S/C14H14N4O2S/c1-8(15)14-16-11(7-21-14)13-17-12(18-20-13)9-3-5-10(19-2)6-4-9/h3-8H,15H2,1-2H3. The largest absolute Gasteiger partial charge is 0.497 e. The Morgan fingerprint density at radius 2 is 2.00 bits per heavy atom. The van der Waals surface area contributed by atoms with Crippen molar-refractivity contribution in [3.63, 3.8) is 0 Å². The molecule has 2 N–H and O–H groups in total. The second-order valence-electron chi connectivity index (χ2n) is 4.51. The third-order valence-electron chi connectivity index (χ3n) is 2.90. The molecule has 0 aliphatic carbocycles. The zero-order valence-corrected chi connectivity index (χ0v) is 12.4. The average Bonchev–Trinajstić information content (AvgIpc) is 3.16. The molecule has 0 fully saturated rings. The van der Waals surface area contributed by atoms with E-state index in [0.717, 1.165) is 16.3 Å². The number of hydrogen-bond donors (Lipinski definition) is 1. The lowest BCUT2D eigenvalue weighted by Gasteiger charge is -1.98. The maximum absolute atomic E-state index is 5.80. The van der Waals surface area contributed by atoms with Crippen molar-refractivity contribution in [3.8, 4) is 28.7 Å². The third-order valence-corrected chi connectivity index (χ3v) is 3.95. The van der Waals surface area contributed by atoms with Crippen molar-refractivity contribution < 1.29 is 9.26 Å². The van der Waals surface area contributed by atoms with Crippen molar-refractivity contribution in [2.75, 3.05) is 7.11 Å². The summed E-state index contributed by atoms with van der Waals surface area (Å²) in [6.07, 6.45) is 0. The fourth-order valence-electron chi connectivity index (χ4n) is 1.78. The lowest BCUT2D eigenvalue weighted by molar-refractivity contribution is 0.414. The van der Waals surface area contributed by atoms with Crippen LogP contribution in [0, 0.1) is 0 Å². The number of thiazole rings is 1. The first-order valence-electron chi connectivity index (χ1n) is 6.37. The molecule has 0 radical (unpaired) electrons. The molecule has 1 unspecified atom stereocenters. The minimum atomic E-state index is -0.104. The van der Waals surface area contributed by atoms with Crippen LogP contribution in [0.4, 0.5) is 0 Å². The molecule has 0 saturated heterocycles. The quantitative estimate of drug-likeness (QED) is 0.797. The first kappa shape index (κ1) is 13.7. The van der Waals surface area contributed by atoms with E-state index < -0.39 is 0 Å². The molecule has 3 aromatic rings. The maximum atomic E-state index is 5.80. The van der Waals surface area contributed by atoms with Crippen molar-refractivity contribution in [2.45, 2.75) is 13.0 Å². The number of hydrogen-bond acceptors (Lipinski definition) is 7. The fourth-order valence-corrected chi connectivity index (χ4v) is 2.53. The first-order chi connectivity index (χ1) is 10.2. The minimum absolute atomic E-state index is 0.104. The summed E-state index contributed by atoms with van der Waals surface area (Å²) in [4.78, 5) is 8.76. The van der Waals surface area contributed by atoms with E-state index in [9.17, 15) is 0 Å². The second-order valence-corrected chi connectivity index (χ2v) is 5.40. The molecule has 1 aromatic carbocycles. The number of methoxy groups -OCH3 is 1. The Morgan fingerprint density at radius 1 is 1.24 bits per heavy atom. The minimum Gasteiger partial charge on any atom is -0.497 e. The number of nitrogens with two attached hydrogens (primary N) is 1. The van der Waals surface area contributed by atoms with Crippen LogP contribution in [-0.4, -0.2) is 22.2 Å². The molecule has 3 rings (SSSR count). The lowest BCUT2D eigenvalue weighted by atomic mass is 10.2. The van der Waals surface area contributed by atoms with Crippen molar-refractivity contribution in [1.82, 2.24) is 15.1 Å². The molecular formula is C14H14N4O2S. The molecule has 7 heteroatoms. The molecular weight excluding hydrogens is 288 g/mol. The van der Waals surface area contributed by atoms with E-state index >= 15 is 0 Å². The van der Waals surface area contributed by atoms with Crippen LogP contribution in [0.15, 0.2) is 34.2 Å². The summed E-state index contributed by atoms with van der Waals surface area (Å²) in [7, 11) is 1.62. The molecule has 0 saturated carbocycles. The summed E-state index contributed by atoms with van der Waals surface area (Å²) in [5, 5.41) is 6.69. The smallest absolute Gasteiger partial charge is 0.277 e. The molecule has 6 nitrogen and oxygen atoms in total. The number of ether oxygens (including phenoxy) is 1. The lowest BCUT2D eigenvalue weighted by Crippen LogP contribution is -2.03. The molecule has 1 atom stereocenters. The Bertz CT molecular complexity index is 734. The van der Waals surface area contributed by atoms with E-state index in [1.165, 1.54) is 11.3 Å². The highest BCUT2D eigenvalue weighted by molar-refractivity contribution is 7.10. The summed E-state index contributed by atoms with van der Waals surface area (Å²) in [6, 6.07) is 7.35. The highest BCUT2D eigenvalue weighted by Crippen LogP contribution is 2.26. The summed E-state index contributed by atoms with van der Waals surface area (Å²) in [6.45, 7) is 1.89. The van der Waals surface area contributed by atoms with E-state index in [1.54, 1.807) is 7.11 Å². The highest BCUT2D eigenvalue weighted by Gasteiger charge is 2.15. The second kappa shape index (κ2) is 5.63. The Hall–Kier alpha value is -2.25. The predicted octanol–water partition coefficient (Wildman–Crippen LogP) is 2.89. The summed E-state index contributed by atoms with van der Waals surface area (Å²) in [5.74, 6) is 1.69. The summed E-state index contributed by atoms with van der Waals surface area (Å²) >= 11 is 1.48. The highest BCUT2D eigenvalue weighted by atomic mass is 32.1. The predicted molar refractivity (Wildman–Crippen MR) is 80.0 cm³/mol. The molecule has 0 aliphatic heterocycles. The Labute approximate surface area is 125 Å². The van der Waals surface area contributed by atoms with E-state index in [-0.39, 0.29) is 6.04 Å². The molecule has 0 aliphatic rings. The topological polar surface area (TPSA) is 87.1 Å². The van der Waals surface area contributed by atoms with Gasteiger partial charge in [-0.2, -0.15) is 4.98 Å². The van der Waals surface area contributed by atoms with E-state index in [2.05, 4.69) is 15.1 Å². The van der Waals surface area contributed by atoms with Crippen molar-refractivity contribution in [1.29, 1.82) is 0 Å². The zero-order chi connectivity index (χ0) is 14.8. The molecule has 2 aromatic heterocycles. The van der Waals surface area contributed by atoms with Gasteiger partial charge in [0.1, 0.15) is 16.5 Å². The van der Waals surface area contributed by atoms with Crippen LogP contribution in [-0.2, 0) is 0 Å². The van der Waals surface area contributed by atoms with Crippen LogP contribution in [0.2, 0.25) is 0 Å². The number of benzene rings is 1. The maximum Gasteiger partial charge on any atom is 0.277 e. The molecule has 2 heterocycles. The van der Waals surface area contributed by atoms with Gasteiger partial charge < -0.3 is 15.0 Å². The Morgan fingerprint density at radius 3 is 2.62 bits per heavy atom. The van der Waals surface area contributed by atoms with Gasteiger partial charge in [-0.3, -0.25) is 0 Å². The Balaban J connectivity index is 1.87. The molecule has 0 amide bonds. The van der Waals surface area contributed by atoms with Gasteiger partial charge in [0.05, 0.1) is 13.2 Å². The van der Waals surface area contributed by atoms with Gasteiger partial charge in [0.15, 0.2) is 0 Å². The Kier molecular flexibility index (Phi) is 3.68. The van der Waals surface area contributed by atoms with Crippen LogP contribution in [0.25, 0.3) is 23.0 Å². The molecule has 0 spiro atoms. The van der Waals surface area contributed by atoms with Crippen LogP contribution in [0.3, 0.4) is 0 Å². The van der Waals surface area contributed by atoms with Crippen LogP contribution >= 0.6 is 11.3 Å². The van der Waals surface area contributed by atoms with Gasteiger partial charge in [0.2, 0.25) is 5.82 Å². The average molecular weight is 302 g/mol. The zero-order valence-electron chi connectivity index (χ0n) is 11.6. The van der Waals surface area contributed by atoms with E-state index in [0.29, 0.717) is 17.4 Å². The SMILES string of the molecule is COc1ccc(-c2noc(-c3csc(C(C)N)n3)n2)cc1. The number of nitrogens with zero attached hydrogens (tertiary/aromatic N) is 3. The van der Waals surface area contributed by atoms with Gasteiger partial charge in [-0.15, -0.1) is 11.3 Å².